The Hall–Kier alpha value is -3.32. The highest BCUT2D eigenvalue weighted by Gasteiger charge is 2.20. The van der Waals surface area contributed by atoms with Crippen LogP contribution < -0.4 is 16.6 Å². The first-order valence-corrected chi connectivity index (χ1v) is 8.87. The van der Waals surface area contributed by atoms with Gasteiger partial charge in [0.15, 0.2) is 0 Å². The molecule has 2 N–H and O–H groups in total. The van der Waals surface area contributed by atoms with E-state index in [0.29, 0.717) is 10.7 Å². The van der Waals surface area contributed by atoms with Crippen LogP contribution in [0.3, 0.4) is 0 Å². The summed E-state index contributed by atoms with van der Waals surface area (Å²) in [5.41, 5.74) is 0.0623. The maximum atomic E-state index is 12.7. The fraction of sp³-hybridized carbons (Fsp3) is 0.150. The zero-order chi connectivity index (χ0) is 20.3. The number of nitrogens with one attached hydrogen (secondary N) is 1. The zero-order valence-corrected chi connectivity index (χ0v) is 16.1. The third kappa shape index (κ3) is 3.84. The zero-order valence-electron chi connectivity index (χ0n) is 15.4. The second-order valence-electron chi connectivity index (χ2n) is 6.15. The minimum absolute atomic E-state index is 0.0968. The molecule has 3 rings (SSSR count). The summed E-state index contributed by atoms with van der Waals surface area (Å²) in [6.07, 6.45) is 0. The molecule has 2 aromatic carbocycles. The Morgan fingerprint density at radius 1 is 1.04 bits per heavy atom. The van der Waals surface area contributed by atoms with E-state index in [2.05, 4.69) is 10.3 Å². The molecule has 0 aliphatic heterocycles. The van der Waals surface area contributed by atoms with Gasteiger partial charge in [-0.05, 0) is 23.8 Å². The quantitative estimate of drug-likeness (QED) is 0.522. The Balaban J connectivity index is 2.15. The van der Waals surface area contributed by atoms with Crippen molar-refractivity contribution in [1.29, 1.82) is 0 Å². The first-order chi connectivity index (χ1) is 13.4. The number of aromatic nitrogens is 2. The number of para-hydroxylation sites is 1. The molecule has 0 atom stereocenters. The molecule has 8 heteroatoms. The number of aromatic hydroxyl groups is 1. The monoisotopic (exact) mass is 398 g/mol. The van der Waals surface area contributed by atoms with Crippen LogP contribution in [-0.2, 0) is 20.6 Å². The first kappa shape index (κ1) is 19.4. The van der Waals surface area contributed by atoms with Crippen LogP contribution in [0.1, 0.15) is 11.1 Å². The van der Waals surface area contributed by atoms with Crippen molar-refractivity contribution < 1.29 is 5.11 Å². The molecule has 0 unspecified atom stereocenters. The molecular weight excluding hydrogens is 380 g/mol. The number of benzene rings is 2. The van der Waals surface area contributed by atoms with Gasteiger partial charge < -0.3 is 10.4 Å². The van der Waals surface area contributed by atoms with Crippen molar-refractivity contribution in [1.82, 2.24) is 9.13 Å². The Kier molecular flexibility index (Phi) is 5.65. The van der Waals surface area contributed by atoms with E-state index in [4.69, 9.17) is 11.6 Å². The second-order valence-corrected chi connectivity index (χ2v) is 6.56. The van der Waals surface area contributed by atoms with Gasteiger partial charge in [-0.2, -0.15) is 0 Å². The molecule has 1 heterocycles. The predicted molar refractivity (Wildman–Crippen MR) is 110 cm³/mol. The SMILES string of the molecule is Cn1c(O)c(C(=NCc2ccccc2Cl)Nc2ccccc2)c(=O)n(C)c1=O. The van der Waals surface area contributed by atoms with Gasteiger partial charge in [-0.15, -0.1) is 0 Å². The Labute approximate surface area is 166 Å². The first-order valence-electron chi connectivity index (χ1n) is 8.49. The maximum Gasteiger partial charge on any atom is 0.333 e. The molecule has 0 saturated carbocycles. The van der Waals surface area contributed by atoms with E-state index in [1.165, 1.54) is 14.1 Å². The van der Waals surface area contributed by atoms with E-state index >= 15 is 0 Å². The van der Waals surface area contributed by atoms with Crippen LogP contribution in [0.2, 0.25) is 5.02 Å². The number of aliphatic imine (C=N–C) groups is 1. The summed E-state index contributed by atoms with van der Waals surface area (Å²) >= 11 is 6.20. The van der Waals surface area contributed by atoms with Gasteiger partial charge in [0.1, 0.15) is 11.4 Å². The molecule has 0 aliphatic carbocycles. The van der Waals surface area contributed by atoms with Crippen LogP contribution in [0.4, 0.5) is 5.69 Å². The third-order valence-corrected chi connectivity index (χ3v) is 4.64. The average molecular weight is 399 g/mol. The van der Waals surface area contributed by atoms with Crippen molar-refractivity contribution in [2.24, 2.45) is 19.1 Å². The van der Waals surface area contributed by atoms with Gasteiger partial charge >= 0.3 is 5.69 Å². The lowest BCUT2D eigenvalue weighted by Crippen LogP contribution is -2.41. The average Bonchev–Trinajstić information content (AvgIpc) is 2.71. The van der Waals surface area contributed by atoms with Crippen molar-refractivity contribution >= 4 is 23.1 Å². The van der Waals surface area contributed by atoms with E-state index in [9.17, 15) is 14.7 Å². The smallest absolute Gasteiger partial charge is 0.333 e. The molecule has 0 bridgehead atoms. The largest absolute Gasteiger partial charge is 0.494 e. The molecule has 0 fully saturated rings. The highest BCUT2D eigenvalue weighted by atomic mass is 35.5. The van der Waals surface area contributed by atoms with Crippen molar-refractivity contribution in [2.75, 3.05) is 5.32 Å². The van der Waals surface area contributed by atoms with Gasteiger partial charge in [-0.1, -0.05) is 48.0 Å². The molecular formula is C20H19ClN4O3. The summed E-state index contributed by atoms with van der Waals surface area (Å²) in [6.45, 7) is 0.181. The molecule has 7 nitrogen and oxygen atoms in total. The van der Waals surface area contributed by atoms with E-state index in [1.54, 1.807) is 18.2 Å². The predicted octanol–water partition coefficient (Wildman–Crippen LogP) is 2.50. The second kappa shape index (κ2) is 8.14. The summed E-state index contributed by atoms with van der Waals surface area (Å²) in [6, 6.07) is 16.3. The van der Waals surface area contributed by atoms with Gasteiger partial charge in [-0.3, -0.25) is 18.9 Å². The molecule has 144 valence electrons. The lowest BCUT2D eigenvalue weighted by atomic mass is 10.2. The van der Waals surface area contributed by atoms with E-state index in [-0.39, 0.29) is 17.9 Å². The fourth-order valence-electron chi connectivity index (χ4n) is 2.67. The van der Waals surface area contributed by atoms with Crippen molar-refractivity contribution in [2.45, 2.75) is 6.54 Å². The Morgan fingerprint density at radius 2 is 1.68 bits per heavy atom. The molecule has 1 aromatic heterocycles. The van der Waals surface area contributed by atoms with Crippen molar-refractivity contribution in [3.8, 4) is 5.88 Å². The Bertz CT molecular complexity index is 1150. The summed E-state index contributed by atoms with van der Waals surface area (Å²) in [5, 5.41) is 14.1. The summed E-state index contributed by atoms with van der Waals surface area (Å²) in [7, 11) is 2.73. The molecule has 3 aromatic rings. The van der Waals surface area contributed by atoms with E-state index < -0.39 is 17.1 Å². The summed E-state index contributed by atoms with van der Waals surface area (Å²) in [5.74, 6) is -0.325. The molecule has 28 heavy (non-hydrogen) atoms. The number of halogens is 1. The lowest BCUT2D eigenvalue weighted by molar-refractivity contribution is 0.410. The van der Waals surface area contributed by atoms with Crippen molar-refractivity contribution in [3.05, 3.63) is 91.6 Å². The van der Waals surface area contributed by atoms with Gasteiger partial charge in [-0.25, -0.2) is 4.79 Å². The Morgan fingerprint density at radius 3 is 2.36 bits per heavy atom. The molecule has 0 spiro atoms. The highest BCUT2D eigenvalue weighted by Crippen LogP contribution is 2.18. The number of nitrogens with zero attached hydrogens (tertiary/aromatic N) is 3. The minimum atomic E-state index is -0.651. The van der Waals surface area contributed by atoms with Gasteiger partial charge in [0.25, 0.3) is 5.56 Å². The molecule has 0 radical (unpaired) electrons. The fourth-order valence-corrected chi connectivity index (χ4v) is 2.87. The topological polar surface area (TPSA) is 88.6 Å². The number of rotatable bonds is 4. The van der Waals surface area contributed by atoms with Gasteiger partial charge in [0, 0.05) is 24.8 Å². The molecule has 0 aliphatic rings. The number of hydrogen-bond acceptors (Lipinski definition) is 4. The minimum Gasteiger partial charge on any atom is -0.494 e. The van der Waals surface area contributed by atoms with Crippen LogP contribution in [0.15, 0.2) is 69.2 Å². The van der Waals surface area contributed by atoms with Crippen LogP contribution in [-0.4, -0.2) is 20.1 Å². The lowest BCUT2D eigenvalue weighted by Gasteiger charge is -2.14. The number of amidine groups is 1. The molecule has 0 saturated heterocycles. The highest BCUT2D eigenvalue weighted by molar-refractivity contribution is 6.31. The van der Waals surface area contributed by atoms with Crippen LogP contribution in [0.5, 0.6) is 5.88 Å². The van der Waals surface area contributed by atoms with Crippen LogP contribution >= 0.6 is 11.6 Å². The van der Waals surface area contributed by atoms with E-state index in [1.807, 2.05) is 36.4 Å². The number of hydrogen-bond donors (Lipinski definition) is 2. The third-order valence-electron chi connectivity index (χ3n) is 4.27. The van der Waals surface area contributed by atoms with Crippen LogP contribution in [0.25, 0.3) is 0 Å². The van der Waals surface area contributed by atoms with E-state index in [0.717, 1.165) is 14.7 Å². The standard InChI is InChI=1S/C20H19ClN4O3/c1-24-18(26)16(19(27)25(2)20(24)28)17(23-14-9-4-3-5-10-14)22-12-13-8-6-7-11-15(13)21/h3-11,26H,12H2,1-2H3,(H,22,23). The van der Waals surface area contributed by atoms with Gasteiger partial charge in [0.2, 0.25) is 5.88 Å². The van der Waals surface area contributed by atoms with Gasteiger partial charge in [0.05, 0.1) is 6.54 Å². The summed E-state index contributed by atoms with van der Waals surface area (Å²) in [4.78, 5) is 29.3. The molecule has 0 amide bonds. The van der Waals surface area contributed by atoms with Crippen molar-refractivity contribution in [3.63, 3.8) is 0 Å². The van der Waals surface area contributed by atoms with Crippen LogP contribution in [0, 0.1) is 0 Å². The maximum absolute atomic E-state index is 12.7. The summed E-state index contributed by atoms with van der Waals surface area (Å²) < 4.78 is 1.92. The normalized spacial score (nSPS) is 11.5. The number of anilines is 1.